The summed E-state index contributed by atoms with van der Waals surface area (Å²) < 4.78 is 25.8. The SMILES string of the molecule is CN=C(NCc1cccc(S(=O)(=O)NC)c1)NC(C)C.I. The summed E-state index contributed by atoms with van der Waals surface area (Å²) in [6, 6.07) is 7.07. The Kier molecular flexibility index (Phi) is 8.83. The molecule has 0 radical (unpaired) electrons. The number of halogens is 1. The Balaban J connectivity index is 0.00000400. The van der Waals surface area contributed by atoms with E-state index in [1.165, 1.54) is 7.05 Å². The second-order valence-electron chi connectivity index (χ2n) is 4.58. The second kappa shape index (κ2) is 9.21. The first-order valence-corrected chi connectivity index (χ1v) is 7.87. The van der Waals surface area contributed by atoms with Gasteiger partial charge in [0.1, 0.15) is 0 Å². The van der Waals surface area contributed by atoms with Crippen molar-refractivity contribution in [3.05, 3.63) is 29.8 Å². The van der Waals surface area contributed by atoms with Crippen molar-refractivity contribution in [2.45, 2.75) is 31.3 Å². The van der Waals surface area contributed by atoms with Gasteiger partial charge in [-0.1, -0.05) is 12.1 Å². The maximum atomic E-state index is 11.7. The molecule has 0 aliphatic heterocycles. The van der Waals surface area contributed by atoms with Crippen molar-refractivity contribution in [2.75, 3.05) is 14.1 Å². The molecule has 0 saturated heterocycles. The van der Waals surface area contributed by atoms with Gasteiger partial charge in [-0.2, -0.15) is 0 Å². The third-order valence-corrected chi connectivity index (χ3v) is 4.00. The molecule has 0 saturated carbocycles. The van der Waals surface area contributed by atoms with E-state index in [1.54, 1.807) is 25.2 Å². The van der Waals surface area contributed by atoms with E-state index in [0.717, 1.165) is 5.56 Å². The number of hydrogen-bond acceptors (Lipinski definition) is 3. The topological polar surface area (TPSA) is 82.6 Å². The van der Waals surface area contributed by atoms with E-state index in [2.05, 4.69) is 20.3 Å². The molecule has 0 atom stereocenters. The van der Waals surface area contributed by atoms with Gasteiger partial charge in [-0.05, 0) is 38.6 Å². The van der Waals surface area contributed by atoms with Crippen molar-refractivity contribution in [2.24, 2.45) is 4.99 Å². The van der Waals surface area contributed by atoms with Crippen molar-refractivity contribution in [3.8, 4) is 0 Å². The van der Waals surface area contributed by atoms with E-state index in [0.29, 0.717) is 12.5 Å². The van der Waals surface area contributed by atoms with Gasteiger partial charge < -0.3 is 10.6 Å². The van der Waals surface area contributed by atoms with Crippen molar-refractivity contribution in [3.63, 3.8) is 0 Å². The van der Waals surface area contributed by atoms with Gasteiger partial charge in [0.2, 0.25) is 10.0 Å². The molecule has 8 heteroatoms. The van der Waals surface area contributed by atoms with Gasteiger partial charge in [0.05, 0.1) is 4.90 Å². The number of benzene rings is 1. The molecule has 0 amide bonds. The normalized spacial score (nSPS) is 12.0. The van der Waals surface area contributed by atoms with Crippen LogP contribution in [-0.2, 0) is 16.6 Å². The van der Waals surface area contributed by atoms with Gasteiger partial charge in [-0.25, -0.2) is 13.1 Å². The fraction of sp³-hybridized carbons (Fsp3) is 0.462. The van der Waals surface area contributed by atoms with Gasteiger partial charge >= 0.3 is 0 Å². The maximum Gasteiger partial charge on any atom is 0.240 e. The van der Waals surface area contributed by atoms with Crippen molar-refractivity contribution >= 4 is 40.0 Å². The van der Waals surface area contributed by atoms with E-state index < -0.39 is 10.0 Å². The molecule has 0 aromatic heterocycles. The van der Waals surface area contributed by atoms with Gasteiger partial charge in [-0.15, -0.1) is 24.0 Å². The molecule has 0 bridgehead atoms. The minimum absolute atomic E-state index is 0. The highest BCUT2D eigenvalue weighted by Gasteiger charge is 2.11. The first-order valence-electron chi connectivity index (χ1n) is 6.38. The van der Waals surface area contributed by atoms with Crippen LogP contribution in [-0.4, -0.2) is 34.5 Å². The van der Waals surface area contributed by atoms with Crippen LogP contribution in [0.25, 0.3) is 0 Å². The van der Waals surface area contributed by atoms with Gasteiger partial charge in [0, 0.05) is 19.6 Å². The zero-order valence-corrected chi connectivity index (χ0v) is 15.8. The highest BCUT2D eigenvalue weighted by molar-refractivity contribution is 14.0. The lowest BCUT2D eigenvalue weighted by molar-refractivity contribution is 0.588. The van der Waals surface area contributed by atoms with Crippen molar-refractivity contribution < 1.29 is 8.42 Å². The van der Waals surface area contributed by atoms with Crippen LogP contribution < -0.4 is 15.4 Å². The van der Waals surface area contributed by atoms with Crippen LogP contribution >= 0.6 is 24.0 Å². The maximum absolute atomic E-state index is 11.7. The number of nitrogens with one attached hydrogen (secondary N) is 3. The Morgan fingerprint density at radius 1 is 1.33 bits per heavy atom. The number of nitrogens with zero attached hydrogens (tertiary/aromatic N) is 1. The van der Waals surface area contributed by atoms with Crippen LogP contribution in [0.15, 0.2) is 34.2 Å². The minimum atomic E-state index is -3.41. The Bertz CT molecular complexity index is 573. The lowest BCUT2D eigenvalue weighted by atomic mass is 10.2. The largest absolute Gasteiger partial charge is 0.354 e. The fourth-order valence-electron chi connectivity index (χ4n) is 1.59. The lowest BCUT2D eigenvalue weighted by Crippen LogP contribution is -2.40. The molecule has 120 valence electrons. The van der Waals surface area contributed by atoms with Crippen LogP contribution in [0.1, 0.15) is 19.4 Å². The first kappa shape index (κ1) is 20.1. The predicted octanol–water partition coefficient (Wildman–Crippen LogP) is 1.29. The fourth-order valence-corrected chi connectivity index (χ4v) is 2.39. The summed E-state index contributed by atoms with van der Waals surface area (Å²) in [4.78, 5) is 4.35. The molecule has 3 N–H and O–H groups in total. The molecule has 1 aromatic rings. The summed E-state index contributed by atoms with van der Waals surface area (Å²) in [5.74, 6) is 0.682. The standard InChI is InChI=1S/C13H22N4O2S.HI/c1-10(2)17-13(14-3)16-9-11-6-5-7-12(8-11)20(18,19)15-4;/h5-8,10,15H,9H2,1-4H3,(H2,14,16,17);1H. The molecule has 0 heterocycles. The zero-order chi connectivity index (χ0) is 15.2. The van der Waals surface area contributed by atoms with Gasteiger partial charge in [-0.3, -0.25) is 4.99 Å². The number of guanidine groups is 1. The summed E-state index contributed by atoms with van der Waals surface area (Å²) in [7, 11) is -0.316. The summed E-state index contributed by atoms with van der Waals surface area (Å²) in [5.41, 5.74) is 0.869. The molecule has 1 rings (SSSR count). The summed E-state index contributed by atoms with van der Waals surface area (Å²) in [6.07, 6.45) is 0. The van der Waals surface area contributed by atoms with Crippen LogP contribution in [0.5, 0.6) is 0 Å². The quantitative estimate of drug-likeness (QED) is 0.377. The van der Waals surface area contributed by atoms with E-state index in [1.807, 2.05) is 19.9 Å². The smallest absolute Gasteiger partial charge is 0.240 e. The monoisotopic (exact) mass is 426 g/mol. The number of hydrogen-bond donors (Lipinski definition) is 3. The van der Waals surface area contributed by atoms with Gasteiger partial charge in [0.25, 0.3) is 0 Å². The number of sulfonamides is 1. The highest BCUT2D eigenvalue weighted by Crippen LogP contribution is 2.10. The summed E-state index contributed by atoms with van der Waals surface area (Å²) in [5, 5.41) is 6.30. The predicted molar refractivity (Wildman–Crippen MR) is 96.6 cm³/mol. The molecule has 1 aromatic carbocycles. The molecular formula is C13H23IN4O2S. The van der Waals surface area contributed by atoms with E-state index in [-0.39, 0.29) is 34.9 Å². The van der Waals surface area contributed by atoms with Crippen LogP contribution in [0.4, 0.5) is 0 Å². The molecule has 6 nitrogen and oxygen atoms in total. The number of rotatable bonds is 5. The van der Waals surface area contributed by atoms with Crippen molar-refractivity contribution in [1.82, 2.24) is 15.4 Å². The van der Waals surface area contributed by atoms with Crippen LogP contribution in [0, 0.1) is 0 Å². The molecule has 21 heavy (non-hydrogen) atoms. The Labute approximate surface area is 143 Å². The van der Waals surface area contributed by atoms with Crippen LogP contribution in [0.3, 0.4) is 0 Å². The highest BCUT2D eigenvalue weighted by atomic mass is 127. The third kappa shape index (κ3) is 6.62. The molecular weight excluding hydrogens is 403 g/mol. The van der Waals surface area contributed by atoms with E-state index >= 15 is 0 Å². The Morgan fingerprint density at radius 3 is 2.52 bits per heavy atom. The van der Waals surface area contributed by atoms with Crippen molar-refractivity contribution in [1.29, 1.82) is 0 Å². The summed E-state index contributed by atoms with van der Waals surface area (Å²) in [6.45, 7) is 4.54. The van der Waals surface area contributed by atoms with Crippen LogP contribution in [0.2, 0.25) is 0 Å². The van der Waals surface area contributed by atoms with E-state index in [9.17, 15) is 8.42 Å². The minimum Gasteiger partial charge on any atom is -0.354 e. The molecule has 0 aliphatic carbocycles. The van der Waals surface area contributed by atoms with Gasteiger partial charge in [0.15, 0.2) is 5.96 Å². The molecule has 0 spiro atoms. The van der Waals surface area contributed by atoms with E-state index in [4.69, 9.17) is 0 Å². The zero-order valence-electron chi connectivity index (χ0n) is 12.7. The average Bonchev–Trinajstić information content (AvgIpc) is 2.43. The first-order chi connectivity index (χ1) is 9.39. The average molecular weight is 426 g/mol. The Morgan fingerprint density at radius 2 is 2.00 bits per heavy atom. The second-order valence-corrected chi connectivity index (χ2v) is 6.47. The lowest BCUT2D eigenvalue weighted by Gasteiger charge is -2.14. The molecule has 0 fully saturated rings. The summed E-state index contributed by atoms with van der Waals surface area (Å²) >= 11 is 0. The third-order valence-electron chi connectivity index (χ3n) is 2.59. The molecule has 0 aliphatic rings. The molecule has 0 unspecified atom stereocenters. The number of aliphatic imine (C=N–C) groups is 1. The Hall–Kier alpha value is -0.870.